The molecule has 3 nitrogen and oxygen atoms in total. The lowest BCUT2D eigenvalue weighted by atomic mass is 9.85. The molecule has 1 aliphatic rings. The van der Waals surface area contributed by atoms with Crippen LogP contribution in [0.3, 0.4) is 0 Å². The van der Waals surface area contributed by atoms with E-state index in [2.05, 4.69) is 10.2 Å². The number of hydrogen-bond acceptors (Lipinski definition) is 2. The van der Waals surface area contributed by atoms with Crippen molar-refractivity contribution in [2.24, 2.45) is 5.92 Å². The summed E-state index contributed by atoms with van der Waals surface area (Å²) in [5.74, 6) is 0.579. The number of amides is 1. The van der Waals surface area contributed by atoms with E-state index in [-0.39, 0.29) is 30.7 Å². The molecule has 86 valence electrons. The number of carbonyl (C=O) groups excluding carboxylic acids is 1. The molecule has 1 fully saturated rings. The summed E-state index contributed by atoms with van der Waals surface area (Å²) in [5.41, 5.74) is 0. The molecule has 0 heterocycles. The summed E-state index contributed by atoms with van der Waals surface area (Å²) in [7, 11) is 4.02. The molecular weight excluding hydrogens is 223 g/mol. The maximum Gasteiger partial charge on any atom is 0.223 e. The summed E-state index contributed by atoms with van der Waals surface area (Å²) < 4.78 is 0. The molecule has 1 N–H and O–H groups in total. The van der Waals surface area contributed by atoms with E-state index < -0.39 is 0 Å². The first kappa shape index (κ1) is 16.4. The van der Waals surface area contributed by atoms with Gasteiger partial charge in [-0.15, -0.1) is 24.8 Å². The molecule has 1 aliphatic carbocycles. The molecule has 0 aromatic carbocycles. The van der Waals surface area contributed by atoms with Crippen molar-refractivity contribution in [1.82, 2.24) is 10.2 Å². The zero-order valence-electron chi connectivity index (χ0n) is 8.78. The van der Waals surface area contributed by atoms with E-state index in [1.807, 2.05) is 14.1 Å². The van der Waals surface area contributed by atoms with Crippen LogP contribution in [0.15, 0.2) is 0 Å². The third kappa shape index (κ3) is 5.68. The van der Waals surface area contributed by atoms with Crippen LogP contribution in [0.25, 0.3) is 0 Å². The molecule has 0 bridgehead atoms. The highest BCUT2D eigenvalue weighted by Gasteiger charge is 2.24. The van der Waals surface area contributed by atoms with Crippen LogP contribution in [0.2, 0.25) is 0 Å². The molecule has 0 aromatic rings. The van der Waals surface area contributed by atoms with Gasteiger partial charge in [0.2, 0.25) is 5.91 Å². The van der Waals surface area contributed by atoms with Gasteiger partial charge in [0.15, 0.2) is 0 Å². The Kier molecular flexibility index (Phi) is 9.78. The fraction of sp³-hybridized carbons (Fsp3) is 0.889. The van der Waals surface area contributed by atoms with Crippen LogP contribution in [-0.2, 0) is 4.79 Å². The zero-order valence-corrected chi connectivity index (χ0v) is 10.4. The highest BCUT2D eigenvalue weighted by molar-refractivity contribution is 5.85. The second-order valence-electron chi connectivity index (χ2n) is 3.72. The summed E-state index contributed by atoms with van der Waals surface area (Å²) in [5, 5.41) is 2.94. The van der Waals surface area contributed by atoms with Gasteiger partial charge < -0.3 is 10.2 Å². The number of likely N-dealkylation sites (N-methyl/N-ethyl adjacent to an activating group) is 1. The van der Waals surface area contributed by atoms with E-state index in [9.17, 15) is 4.79 Å². The van der Waals surface area contributed by atoms with Gasteiger partial charge in [0, 0.05) is 19.0 Å². The van der Waals surface area contributed by atoms with Crippen molar-refractivity contribution in [1.29, 1.82) is 0 Å². The Morgan fingerprint density at radius 1 is 1.36 bits per heavy atom. The molecule has 0 atom stereocenters. The minimum atomic E-state index is 0. The van der Waals surface area contributed by atoms with Gasteiger partial charge in [-0.3, -0.25) is 4.79 Å². The Balaban J connectivity index is 0. The van der Waals surface area contributed by atoms with Crippen LogP contribution in [0.1, 0.15) is 19.3 Å². The van der Waals surface area contributed by atoms with Gasteiger partial charge in [-0.1, -0.05) is 6.42 Å². The third-order valence-electron chi connectivity index (χ3n) is 2.33. The topological polar surface area (TPSA) is 32.3 Å². The fourth-order valence-electron chi connectivity index (χ4n) is 1.22. The SMILES string of the molecule is CN(C)CCNC(=O)C1CCC1.Cl.Cl. The molecule has 0 aromatic heterocycles. The molecule has 1 amide bonds. The van der Waals surface area contributed by atoms with Gasteiger partial charge in [0.05, 0.1) is 0 Å². The Labute approximate surface area is 98.4 Å². The van der Waals surface area contributed by atoms with Gasteiger partial charge in [-0.2, -0.15) is 0 Å². The van der Waals surface area contributed by atoms with E-state index in [0.717, 1.165) is 25.9 Å². The lowest BCUT2D eigenvalue weighted by Gasteiger charge is -2.24. The minimum absolute atomic E-state index is 0. The monoisotopic (exact) mass is 242 g/mol. The lowest BCUT2D eigenvalue weighted by Crippen LogP contribution is -2.37. The second-order valence-corrected chi connectivity index (χ2v) is 3.72. The molecule has 0 spiro atoms. The third-order valence-corrected chi connectivity index (χ3v) is 2.33. The molecule has 0 radical (unpaired) electrons. The Hall–Kier alpha value is 0.01000. The van der Waals surface area contributed by atoms with E-state index in [4.69, 9.17) is 0 Å². The van der Waals surface area contributed by atoms with Crippen LogP contribution in [-0.4, -0.2) is 38.0 Å². The van der Waals surface area contributed by atoms with E-state index in [0.29, 0.717) is 5.92 Å². The molecule has 14 heavy (non-hydrogen) atoms. The molecular formula is C9H20Cl2N2O. The number of halogens is 2. The van der Waals surface area contributed by atoms with Crippen LogP contribution in [0, 0.1) is 5.92 Å². The summed E-state index contributed by atoms with van der Waals surface area (Å²) >= 11 is 0. The number of rotatable bonds is 4. The number of nitrogens with one attached hydrogen (secondary N) is 1. The van der Waals surface area contributed by atoms with Crippen LogP contribution >= 0.6 is 24.8 Å². The largest absolute Gasteiger partial charge is 0.355 e. The zero-order chi connectivity index (χ0) is 8.97. The normalized spacial score (nSPS) is 15.1. The van der Waals surface area contributed by atoms with E-state index in [1.54, 1.807) is 0 Å². The predicted molar refractivity (Wildman–Crippen MR) is 63.4 cm³/mol. The Morgan fingerprint density at radius 3 is 2.29 bits per heavy atom. The van der Waals surface area contributed by atoms with Crippen molar-refractivity contribution in [3.8, 4) is 0 Å². The molecule has 5 heteroatoms. The molecule has 1 saturated carbocycles. The van der Waals surface area contributed by atoms with Crippen molar-refractivity contribution in [3.05, 3.63) is 0 Å². The standard InChI is InChI=1S/C9H18N2O.2ClH/c1-11(2)7-6-10-9(12)8-4-3-5-8;;/h8H,3-7H2,1-2H3,(H,10,12);2*1H. The van der Waals surface area contributed by atoms with Gasteiger partial charge in [-0.05, 0) is 26.9 Å². The molecule has 0 aliphatic heterocycles. The first-order valence-corrected chi connectivity index (χ1v) is 4.62. The van der Waals surface area contributed by atoms with Crippen molar-refractivity contribution < 1.29 is 4.79 Å². The molecule has 0 saturated heterocycles. The smallest absolute Gasteiger partial charge is 0.223 e. The maximum atomic E-state index is 11.3. The summed E-state index contributed by atoms with van der Waals surface area (Å²) in [4.78, 5) is 13.3. The van der Waals surface area contributed by atoms with Crippen LogP contribution < -0.4 is 5.32 Å². The quantitative estimate of drug-likeness (QED) is 0.807. The van der Waals surface area contributed by atoms with E-state index in [1.165, 1.54) is 6.42 Å². The highest BCUT2D eigenvalue weighted by Crippen LogP contribution is 2.25. The van der Waals surface area contributed by atoms with Crippen molar-refractivity contribution >= 4 is 30.7 Å². The molecule has 1 rings (SSSR count). The van der Waals surface area contributed by atoms with Crippen molar-refractivity contribution in [2.45, 2.75) is 19.3 Å². The van der Waals surface area contributed by atoms with E-state index >= 15 is 0 Å². The summed E-state index contributed by atoms with van der Waals surface area (Å²) in [6.07, 6.45) is 3.41. The minimum Gasteiger partial charge on any atom is -0.355 e. The number of nitrogens with zero attached hydrogens (tertiary/aromatic N) is 1. The first-order valence-electron chi connectivity index (χ1n) is 4.62. The van der Waals surface area contributed by atoms with Gasteiger partial charge in [0.25, 0.3) is 0 Å². The van der Waals surface area contributed by atoms with Crippen LogP contribution in [0.4, 0.5) is 0 Å². The lowest BCUT2D eigenvalue weighted by molar-refractivity contribution is -0.127. The summed E-state index contributed by atoms with van der Waals surface area (Å²) in [6.45, 7) is 1.71. The van der Waals surface area contributed by atoms with Gasteiger partial charge >= 0.3 is 0 Å². The number of hydrogen-bond donors (Lipinski definition) is 1. The first-order chi connectivity index (χ1) is 5.70. The molecule has 0 unspecified atom stereocenters. The Morgan fingerprint density at radius 2 is 1.93 bits per heavy atom. The number of carbonyl (C=O) groups is 1. The van der Waals surface area contributed by atoms with Crippen LogP contribution in [0.5, 0.6) is 0 Å². The van der Waals surface area contributed by atoms with Gasteiger partial charge in [0.1, 0.15) is 0 Å². The predicted octanol–water partition coefficient (Wildman–Crippen LogP) is 1.31. The fourth-order valence-corrected chi connectivity index (χ4v) is 1.22. The average molecular weight is 243 g/mol. The average Bonchev–Trinajstić information content (AvgIpc) is 1.81. The Bertz CT molecular complexity index is 161. The second kappa shape index (κ2) is 8.33. The highest BCUT2D eigenvalue weighted by atomic mass is 35.5. The van der Waals surface area contributed by atoms with Gasteiger partial charge in [-0.25, -0.2) is 0 Å². The summed E-state index contributed by atoms with van der Waals surface area (Å²) in [6, 6.07) is 0. The van der Waals surface area contributed by atoms with Crippen molar-refractivity contribution in [2.75, 3.05) is 27.2 Å². The maximum absolute atomic E-state index is 11.3. The van der Waals surface area contributed by atoms with Crippen molar-refractivity contribution in [3.63, 3.8) is 0 Å².